The highest BCUT2D eigenvalue weighted by molar-refractivity contribution is 7.98. The van der Waals surface area contributed by atoms with Crippen LogP contribution in [-0.4, -0.2) is 23.2 Å². The molecule has 0 saturated heterocycles. The van der Waals surface area contributed by atoms with Crippen LogP contribution in [0.1, 0.15) is 21.0 Å². The molecule has 3 nitrogen and oxygen atoms in total. The van der Waals surface area contributed by atoms with E-state index in [1.807, 2.05) is 24.8 Å². The van der Waals surface area contributed by atoms with Crippen LogP contribution < -0.4 is 5.32 Å². The predicted molar refractivity (Wildman–Crippen MR) is 116 cm³/mol. The van der Waals surface area contributed by atoms with Crippen molar-refractivity contribution in [3.63, 3.8) is 0 Å². The Morgan fingerprint density at radius 1 is 1.07 bits per heavy atom. The molecule has 140 valence electrons. The third-order valence-electron chi connectivity index (χ3n) is 4.13. The van der Waals surface area contributed by atoms with Gasteiger partial charge in [0.15, 0.2) is 0 Å². The molecule has 3 rings (SSSR count). The number of nitrogens with one attached hydrogen (secondary N) is 1. The van der Waals surface area contributed by atoms with Crippen LogP contribution in [0.5, 0.6) is 0 Å². The molecular weight excluding hydrogens is 372 g/mol. The van der Waals surface area contributed by atoms with E-state index in [4.69, 9.17) is 0 Å². The van der Waals surface area contributed by atoms with Gasteiger partial charge in [0.2, 0.25) is 5.91 Å². The van der Waals surface area contributed by atoms with Crippen LogP contribution in [0.15, 0.2) is 54.6 Å². The molecule has 2 aromatic carbocycles. The molecule has 0 radical (unpaired) electrons. The number of thioether (sulfide) groups is 1. The third kappa shape index (κ3) is 5.94. The zero-order chi connectivity index (χ0) is 19.1. The van der Waals surface area contributed by atoms with Crippen LogP contribution in [0.2, 0.25) is 0 Å². The number of aryl methyl sites for hydroxylation is 2. The SMILES string of the molecule is Cc1ccc(-c2nc(C)sc2CC(=O)NCCSCc2ccccc2)cc1. The molecule has 0 aliphatic carbocycles. The van der Waals surface area contributed by atoms with E-state index in [0.717, 1.165) is 32.6 Å². The zero-order valence-electron chi connectivity index (χ0n) is 15.7. The Morgan fingerprint density at radius 3 is 2.56 bits per heavy atom. The quantitative estimate of drug-likeness (QED) is 0.544. The summed E-state index contributed by atoms with van der Waals surface area (Å²) in [5.74, 6) is 1.95. The number of hydrogen-bond donors (Lipinski definition) is 1. The summed E-state index contributed by atoms with van der Waals surface area (Å²) in [7, 11) is 0. The van der Waals surface area contributed by atoms with Crippen molar-refractivity contribution in [1.29, 1.82) is 0 Å². The molecule has 0 atom stereocenters. The normalized spacial score (nSPS) is 10.7. The maximum Gasteiger partial charge on any atom is 0.225 e. The summed E-state index contributed by atoms with van der Waals surface area (Å²) in [6.07, 6.45) is 0.387. The Morgan fingerprint density at radius 2 is 1.81 bits per heavy atom. The molecule has 5 heteroatoms. The molecule has 0 bridgehead atoms. The first kappa shape index (κ1) is 19.6. The second-order valence-corrected chi connectivity index (χ2v) is 8.83. The van der Waals surface area contributed by atoms with Crippen molar-refractivity contribution in [1.82, 2.24) is 10.3 Å². The standard InChI is InChI=1S/C22H24N2OS2/c1-16-8-10-19(11-9-16)22-20(27-17(2)24-22)14-21(25)23-12-13-26-15-18-6-4-3-5-7-18/h3-11H,12-15H2,1-2H3,(H,23,25). The van der Waals surface area contributed by atoms with Gasteiger partial charge >= 0.3 is 0 Å². The van der Waals surface area contributed by atoms with E-state index in [0.29, 0.717) is 13.0 Å². The van der Waals surface area contributed by atoms with Crippen LogP contribution in [-0.2, 0) is 17.0 Å². The van der Waals surface area contributed by atoms with Crippen LogP contribution in [0.3, 0.4) is 0 Å². The molecule has 27 heavy (non-hydrogen) atoms. The van der Waals surface area contributed by atoms with Crippen molar-refractivity contribution in [2.45, 2.75) is 26.0 Å². The summed E-state index contributed by atoms with van der Waals surface area (Å²) in [4.78, 5) is 18.0. The van der Waals surface area contributed by atoms with Gasteiger partial charge in [-0.25, -0.2) is 4.98 Å². The highest BCUT2D eigenvalue weighted by Crippen LogP contribution is 2.28. The Balaban J connectivity index is 1.49. The van der Waals surface area contributed by atoms with Crippen molar-refractivity contribution in [2.75, 3.05) is 12.3 Å². The number of thiazole rings is 1. The summed E-state index contributed by atoms with van der Waals surface area (Å²) in [6, 6.07) is 18.7. The van der Waals surface area contributed by atoms with E-state index >= 15 is 0 Å². The molecule has 0 aliphatic rings. The lowest BCUT2D eigenvalue weighted by molar-refractivity contribution is -0.120. The maximum absolute atomic E-state index is 12.4. The average molecular weight is 397 g/mol. The maximum atomic E-state index is 12.4. The van der Waals surface area contributed by atoms with Crippen molar-refractivity contribution in [3.8, 4) is 11.3 Å². The fourth-order valence-corrected chi connectivity index (χ4v) is 4.54. The Hall–Kier alpha value is -2.11. The predicted octanol–water partition coefficient (Wildman–Crippen LogP) is 5.02. The smallest absolute Gasteiger partial charge is 0.225 e. The van der Waals surface area contributed by atoms with Crippen LogP contribution in [0.25, 0.3) is 11.3 Å². The number of hydrogen-bond acceptors (Lipinski definition) is 4. The number of benzene rings is 2. The lowest BCUT2D eigenvalue weighted by Gasteiger charge is -2.06. The Labute approximate surface area is 169 Å². The summed E-state index contributed by atoms with van der Waals surface area (Å²) in [5.41, 5.74) is 4.55. The van der Waals surface area contributed by atoms with Gasteiger partial charge in [-0.05, 0) is 19.4 Å². The van der Waals surface area contributed by atoms with Crippen LogP contribution >= 0.6 is 23.1 Å². The molecule has 0 spiro atoms. The number of carbonyl (C=O) groups is 1. The van der Waals surface area contributed by atoms with Gasteiger partial charge in [0.05, 0.1) is 17.1 Å². The van der Waals surface area contributed by atoms with Crippen molar-refractivity contribution in [2.24, 2.45) is 0 Å². The molecule has 0 aliphatic heterocycles. The zero-order valence-corrected chi connectivity index (χ0v) is 17.3. The first-order chi connectivity index (χ1) is 13.1. The first-order valence-electron chi connectivity index (χ1n) is 9.03. The Bertz CT molecular complexity index is 873. The lowest BCUT2D eigenvalue weighted by Crippen LogP contribution is -2.27. The summed E-state index contributed by atoms with van der Waals surface area (Å²) < 4.78 is 0. The van der Waals surface area contributed by atoms with E-state index in [2.05, 4.69) is 65.8 Å². The van der Waals surface area contributed by atoms with Crippen LogP contribution in [0.4, 0.5) is 0 Å². The fourth-order valence-electron chi connectivity index (χ4n) is 2.76. The topological polar surface area (TPSA) is 42.0 Å². The summed E-state index contributed by atoms with van der Waals surface area (Å²) in [6.45, 7) is 4.75. The van der Waals surface area contributed by atoms with E-state index in [9.17, 15) is 4.79 Å². The van der Waals surface area contributed by atoms with Crippen molar-refractivity contribution in [3.05, 3.63) is 75.6 Å². The van der Waals surface area contributed by atoms with E-state index in [1.54, 1.807) is 11.3 Å². The molecule has 1 amide bonds. The molecule has 0 saturated carbocycles. The minimum Gasteiger partial charge on any atom is -0.355 e. The Kier molecular flexibility index (Phi) is 7.07. The highest BCUT2D eigenvalue weighted by Gasteiger charge is 2.14. The minimum absolute atomic E-state index is 0.0623. The van der Waals surface area contributed by atoms with Gasteiger partial charge < -0.3 is 5.32 Å². The summed E-state index contributed by atoms with van der Waals surface area (Å²) >= 11 is 3.44. The lowest BCUT2D eigenvalue weighted by atomic mass is 10.1. The third-order valence-corrected chi connectivity index (χ3v) is 6.13. The summed E-state index contributed by atoms with van der Waals surface area (Å²) in [5, 5.41) is 4.03. The number of aromatic nitrogens is 1. The monoisotopic (exact) mass is 396 g/mol. The van der Waals surface area contributed by atoms with E-state index in [-0.39, 0.29) is 5.91 Å². The van der Waals surface area contributed by atoms with E-state index < -0.39 is 0 Å². The second-order valence-electron chi connectivity index (χ2n) is 6.44. The van der Waals surface area contributed by atoms with Gasteiger partial charge in [0.1, 0.15) is 0 Å². The van der Waals surface area contributed by atoms with Gasteiger partial charge in [0, 0.05) is 28.5 Å². The van der Waals surface area contributed by atoms with Crippen molar-refractivity contribution < 1.29 is 4.79 Å². The molecular formula is C22H24N2OS2. The van der Waals surface area contributed by atoms with Crippen molar-refractivity contribution >= 4 is 29.0 Å². The van der Waals surface area contributed by atoms with Gasteiger partial charge in [-0.3, -0.25) is 4.79 Å². The minimum atomic E-state index is 0.0623. The molecule has 0 unspecified atom stereocenters. The van der Waals surface area contributed by atoms with Gasteiger partial charge in [-0.1, -0.05) is 60.2 Å². The molecule has 1 heterocycles. The van der Waals surface area contributed by atoms with Crippen LogP contribution in [0, 0.1) is 13.8 Å². The number of nitrogens with zero attached hydrogens (tertiary/aromatic N) is 1. The first-order valence-corrected chi connectivity index (χ1v) is 11.0. The number of amides is 1. The largest absolute Gasteiger partial charge is 0.355 e. The number of carbonyl (C=O) groups excluding carboxylic acids is 1. The highest BCUT2D eigenvalue weighted by atomic mass is 32.2. The molecule has 1 N–H and O–H groups in total. The van der Waals surface area contributed by atoms with Gasteiger partial charge in [0.25, 0.3) is 0 Å². The number of rotatable bonds is 8. The molecule has 3 aromatic rings. The van der Waals surface area contributed by atoms with E-state index in [1.165, 1.54) is 11.1 Å². The molecule has 0 fully saturated rings. The fraction of sp³-hybridized carbons (Fsp3) is 0.273. The van der Waals surface area contributed by atoms with Gasteiger partial charge in [-0.15, -0.1) is 11.3 Å². The average Bonchev–Trinajstić information content (AvgIpc) is 3.03. The van der Waals surface area contributed by atoms with Gasteiger partial charge in [-0.2, -0.15) is 11.8 Å². The molecule has 1 aromatic heterocycles. The second kappa shape index (κ2) is 9.72.